The molecule has 0 spiro atoms. The summed E-state index contributed by atoms with van der Waals surface area (Å²) in [5.41, 5.74) is 0.830. The Bertz CT molecular complexity index is 681. The van der Waals surface area contributed by atoms with Crippen LogP contribution in [-0.4, -0.2) is 25.7 Å². The number of carbonyl (C=O) groups excluding carboxylic acids is 1. The topological polar surface area (TPSA) is 110 Å². The van der Waals surface area contributed by atoms with Gasteiger partial charge in [0.05, 0.1) is 11.5 Å². The Morgan fingerprint density at radius 3 is 2.90 bits per heavy atom. The van der Waals surface area contributed by atoms with Crippen molar-refractivity contribution in [2.24, 2.45) is 0 Å². The van der Waals surface area contributed by atoms with Gasteiger partial charge in [0, 0.05) is 18.2 Å². The smallest absolute Gasteiger partial charge is 0.309 e. The van der Waals surface area contributed by atoms with E-state index in [0.717, 1.165) is 0 Å². The molecule has 2 N–H and O–H groups in total. The highest BCUT2D eigenvalue weighted by Gasteiger charge is 2.16. The number of rotatable bonds is 5. The number of amides is 1. The molecule has 2 aromatic rings. The summed E-state index contributed by atoms with van der Waals surface area (Å²) in [5, 5.41) is 26.5. The molecule has 110 valence electrons. The number of aryl methyl sites for hydroxylation is 1. The summed E-state index contributed by atoms with van der Waals surface area (Å²) >= 11 is 0. The number of hydrogen-bond acceptors (Lipinski definition) is 5. The number of anilines is 1. The zero-order valence-electron chi connectivity index (χ0n) is 11.3. The van der Waals surface area contributed by atoms with Crippen LogP contribution in [0.4, 0.5) is 11.4 Å². The number of nitro groups is 1. The molecule has 21 heavy (non-hydrogen) atoms. The highest BCUT2D eigenvalue weighted by Crippen LogP contribution is 2.17. The van der Waals surface area contributed by atoms with Crippen LogP contribution in [0.2, 0.25) is 0 Å². The Kier molecular flexibility index (Phi) is 4.17. The lowest BCUT2D eigenvalue weighted by atomic mass is 10.3. The van der Waals surface area contributed by atoms with E-state index < -0.39 is 4.92 Å². The van der Waals surface area contributed by atoms with Crippen LogP contribution in [-0.2, 0) is 11.3 Å². The van der Waals surface area contributed by atoms with Gasteiger partial charge in [-0.1, -0.05) is 6.07 Å². The third kappa shape index (κ3) is 3.56. The predicted octanol–water partition coefficient (Wildman–Crippen LogP) is 1.83. The van der Waals surface area contributed by atoms with E-state index in [4.69, 9.17) is 0 Å². The van der Waals surface area contributed by atoms with Crippen LogP contribution in [0.3, 0.4) is 0 Å². The van der Waals surface area contributed by atoms with Gasteiger partial charge >= 0.3 is 5.69 Å². The van der Waals surface area contributed by atoms with Crippen molar-refractivity contribution >= 4 is 17.3 Å². The Balaban J connectivity index is 1.94. The first-order valence-electron chi connectivity index (χ1n) is 6.23. The zero-order chi connectivity index (χ0) is 15.4. The summed E-state index contributed by atoms with van der Waals surface area (Å²) in [5.74, 6) is -0.204. The van der Waals surface area contributed by atoms with Crippen LogP contribution in [0.1, 0.15) is 12.1 Å². The van der Waals surface area contributed by atoms with E-state index in [1.165, 1.54) is 23.0 Å². The predicted molar refractivity (Wildman–Crippen MR) is 75.0 cm³/mol. The first-order chi connectivity index (χ1) is 9.97. The second-order valence-corrected chi connectivity index (χ2v) is 4.44. The first kappa shape index (κ1) is 14.5. The lowest BCUT2D eigenvalue weighted by Crippen LogP contribution is -2.15. The molecule has 0 atom stereocenters. The summed E-state index contributed by atoms with van der Waals surface area (Å²) in [4.78, 5) is 22.0. The van der Waals surface area contributed by atoms with Crippen LogP contribution in [0.5, 0.6) is 5.75 Å². The fourth-order valence-electron chi connectivity index (χ4n) is 1.86. The van der Waals surface area contributed by atoms with Gasteiger partial charge in [0.25, 0.3) is 0 Å². The maximum atomic E-state index is 11.8. The van der Waals surface area contributed by atoms with Crippen LogP contribution in [0.15, 0.2) is 30.5 Å². The normalized spacial score (nSPS) is 10.3. The molecule has 0 bridgehead atoms. The standard InChI is InChI=1S/C13H14N4O4/c1-9-12(17(20)21)8-14-16(9)6-5-13(19)15-10-3-2-4-11(18)7-10/h2-4,7-8,18H,5-6H2,1H3,(H,15,19). The molecule has 0 aliphatic rings. The van der Waals surface area contributed by atoms with E-state index in [-0.39, 0.29) is 30.3 Å². The van der Waals surface area contributed by atoms with Gasteiger partial charge < -0.3 is 10.4 Å². The Hall–Kier alpha value is -2.90. The van der Waals surface area contributed by atoms with E-state index >= 15 is 0 Å². The van der Waals surface area contributed by atoms with E-state index in [2.05, 4.69) is 10.4 Å². The molecule has 1 heterocycles. The number of carbonyl (C=O) groups is 1. The molecule has 0 radical (unpaired) electrons. The fraction of sp³-hybridized carbons (Fsp3) is 0.231. The summed E-state index contributed by atoms with van der Waals surface area (Å²) in [6, 6.07) is 6.21. The lowest BCUT2D eigenvalue weighted by molar-refractivity contribution is -0.385. The number of aromatic hydroxyl groups is 1. The SMILES string of the molecule is Cc1c([N+](=O)[O-])cnn1CCC(=O)Nc1cccc(O)c1. The van der Waals surface area contributed by atoms with Crippen molar-refractivity contribution in [1.29, 1.82) is 0 Å². The molecule has 1 aromatic carbocycles. The van der Waals surface area contributed by atoms with Gasteiger partial charge in [-0.15, -0.1) is 0 Å². The second-order valence-electron chi connectivity index (χ2n) is 4.44. The largest absolute Gasteiger partial charge is 0.508 e. The Morgan fingerprint density at radius 2 is 2.29 bits per heavy atom. The zero-order valence-corrected chi connectivity index (χ0v) is 11.3. The lowest BCUT2D eigenvalue weighted by Gasteiger charge is -2.06. The Morgan fingerprint density at radius 1 is 1.52 bits per heavy atom. The Labute approximate surface area is 120 Å². The van der Waals surface area contributed by atoms with Crippen molar-refractivity contribution < 1.29 is 14.8 Å². The van der Waals surface area contributed by atoms with E-state index in [1.807, 2.05) is 0 Å². The molecule has 8 nitrogen and oxygen atoms in total. The minimum Gasteiger partial charge on any atom is -0.508 e. The maximum Gasteiger partial charge on any atom is 0.309 e. The molecule has 1 amide bonds. The molecule has 8 heteroatoms. The third-order valence-electron chi connectivity index (χ3n) is 2.95. The average Bonchev–Trinajstić information content (AvgIpc) is 2.78. The minimum atomic E-state index is -0.508. The second kappa shape index (κ2) is 6.04. The van der Waals surface area contributed by atoms with Crippen molar-refractivity contribution in [3.05, 3.63) is 46.3 Å². The van der Waals surface area contributed by atoms with Gasteiger partial charge in [0.2, 0.25) is 5.91 Å². The fourth-order valence-corrected chi connectivity index (χ4v) is 1.86. The number of phenolic OH excluding ortho intramolecular Hbond substituents is 1. The van der Waals surface area contributed by atoms with Gasteiger partial charge in [-0.3, -0.25) is 19.6 Å². The van der Waals surface area contributed by atoms with Gasteiger partial charge in [-0.05, 0) is 19.1 Å². The van der Waals surface area contributed by atoms with Crippen molar-refractivity contribution in [2.45, 2.75) is 19.9 Å². The number of nitrogens with zero attached hydrogens (tertiary/aromatic N) is 3. The highest BCUT2D eigenvalue weighted by molar-refractivity contribution is 5.90. The first-order valence-corrected chi connectivity index (χ1v) is 6.23. The van der Waals surface area contributed by atoms with Gasteiger partial charge in [-0.2, -0.15) is 5.10 Å². The molecule has 2 rings (SSSR count). The van der Waals surface area contributed by atoms with E-state index in [0.29, 0.717) is 11.4 Å². The molecular weight excluding hydrogens is 276 g/mol. The molecular formula is C13H14N4O4. The number of phenols is 1. The molecule has 0 unspecified atom stereocenters. The monoisotopic (exact) mass is 290 g/mol. The third-order valence-corrected chi connectivity index (χ3v) is 2.95. The summed E-state index contributed by atoms with van der Waals surface area (Å²) in [6.07, 6.45) is 1.29. The van der Waals surface area contributed by atoms with Gasteiger partial charge in [0.1, 0.15) is 17.6 Å². The van der Waals surface area contributed by atoms with Crippen molar-refractivity contribution in [1.82, 2.24) is 9.78 Å². The summed E-state index contributed by atoms with van der Waals surface area (Å²) < 4.78 is 1.42. The van der Waals surface area contributed by atoms with Crippen LogP contribution in [0, 0.1) is 17.0 Å². The van der Waals surface area contributed by atoms with Crippen LogP contribution >= 0.6 is 0 Å². The van der Waals surface area contributed by atoms with Crippen LogP contribution < -0.4 is 5.32 Å². The summed E-state index contributed by atoms with van der Waals surface area (Å²) in [7, 11) is 0. The quantitative estimate of drug-likeness (QED) is 0.644. The summed E-state index contributed by atoms with van der Waals surface area (Å²) in [6.45, 7) is 1.82. The average molecular weight is 290 g/mol. The number of nitrogens with one attached hydrogen (secondary N) is 1. The van der Waals surface area contributed by atoms with E-state index in [9.17, 15) is 20.0 Å². The molecule has 0 saturated carbocycles. The maximum absolute atomic E-state index is 11.8. The molecule has 0 aliphatic carbocycles. The van der Waals surface area contributed by atoms with Crippen molar-refractivity contribution in [3.8, 4) is 5.75 Å². The van der Waals surface area contributed by atoms with Crippen molar-refractivity contribution in [2.75, 3.05) is 5.32 Å². The number of hydrogen-bond donors (Lipinski definition) is 2. The highest BCUT2D eigenvalue weighted by atomic mass is 16.6. The molecule has 1 aromatic heterocycles. The van der Waals surface area contributed by atoms with Gasteiger partial charge in [-0.25, -0.2) is 0 Å². The number of benzene rings is 1. The molecule has 0 saturated heterocycles. The van der Waals surface area contributed by atoms with Crippen molar-refractivity contribution in [3.63, 3.8) is 0 Å². The molecule has 0 fully saturated rings. The minimum absolute atomic E-state index is 0.0614. The molecule has 0 aliphatic heterocycles. The van der Waals surface area contributed by atoms with Gasteiger partial charge in [0.15, 0.2) is 0 Å². The van der Waals surface area contributed by atoms with Crippen LogP contribution in [0.25, 0.3) is 0 Å². The number of aromatic nitrogens is 2. The van der Waals surface area contributed by atoms with E-state index in [1.54, 1.807) is 19.1 Å².